The fourth-order valence-electron chi connectivity index (χ4n) is 2.74. The highest BCUT2D eigenvalue weighted by Gasteiger charge is 2.40. The van der Waals surface area contributed by atoms with Crippen molar-refractivity contribution in [3.63, 3.8) is 0 Å². The van der Waals surface area contributed by atoms with Crippen molar-refractivity contribution in [3.8, 4) is 0 Å². The predicted octanol–water partition coefficient (Wildman–Crippen LogP) is 5.17. The number of thioether (sulfide) groups is 2. The second-order valence-electron chi connectivity index (χ2n) is 6.09. The molecule has 0 aliphatic carbocycles. The maximum absolute atomic E-state index is 13.2. The van der Waals surface area contributed by atoms with Crippen LogP contribution in [0.2, 0.25) is 4.34 Å². The third kappa shape index (κ3) is 3.84. The number of hydrogen-bond acceptors (Lipinski definition) is 9. The first-order valence-corrected chi connectivity index (χ1v) is 13.8. The third-order valence-corrected chi connectivity index (χ3v) is 10.5. The van der Waals surface area contributed by atoms with Crippen LogP contribution in [0.4, 0.5) is 5.13 Å². The molecule has 2 aliphatic rings. The lowest BCUT2D eigenvalue weighted by Crippen LogP contribution is -2.30. The minimum absolute atomic E-state index is 0.0400. The summed E-state index contributed by atoms with van der Waals surface area (Å²) in [6.07, 6.45) is 1.71. The van der Waals surface area contributed by atoms with E-state index in [-0.39, 0.29) is 15.3 Å². The van der Waals surface area contributed by atoms with Gasteiger partial charge in [0, 0.05) is 28.7 Å². The number of halogens is 1. The smallest absolute Gasteiger partial charge is 0.286 e. The largest absolute Gasteiger partial charge is 0.294 e. The van der Waals surface area contributed by atoms with E-state index in [1.807, 2.05) is 24.1 Å². The van der Waals surface area contributed by atoms with Crippen LogP contribution >= 0.6 is 57.8 Å². The molecule has 2 aromatic rings. The number of amidine groups is 1. The molecule has 0 aromatic carbocycles. The zero-order valence-corrected chi connectivity index (χ0v) is 20.8. The van der Waals surface area contributed by atoms with Crippen LogP contribution in [0.1, 0.15) is 20.8 Å². The maximum Gasteiger partial charge on any atom is 0.294 e. The van der Waals surface area contributed by atoms with Crippen LogP contribution < -0.4 is 4.90 Å². The Kier molecular flexibility index (Phi) is 6.08. The number of carbonyl (C=O) groups is 1. The highest BCUT2D eigenvalue weighted by Crippen LogP contribution is 2.49. The number of likely N-dealkylation sites (N-methyl/N-ethyl adjacent to an activating group) is 1. The topological polar surface area (TPSA) is 82.9 Å². The number of carbonyl (C=O) groups excluding carboxylic acids is 1. The average molecular weight is 519 g/mol. The van der Waals surface area contributed by atoms with Crippen LogP contribution in [0, 0.1) is 0 Å². The second kappa shape index (κ2) is 8.32. The van der Waals surface area contributed by atoms with E-state index in [4.69, 9.17) is 11.6 Å². The molecule has 0 atom stereocenters. The van der Waals surface area contributed by atoms with Crippen molar-refractivity contribution < 1.29 is 13.2 Å². The van der Waals surface area contributed by atoms with Crippen molar-refractivity contribution in [3.05, 3.63) is 48.6 Å². The fraction of sp³-hybridized carbons (Fsp3) is 0.235. The van der Waals surface area contributed by atoms with Gasteiger partial charge in [-0.3, -0.25) is 14.6 Å². The van der Waals surface area contributed by atoms with Gasteiger partial charge in [-0.2, -0.15) is 8.42 Å². The molecule has 2 aromatic heterocycles. The van der Waals surface area contributed by atoms with Gasteiger partial charge in [0.1, 0.15) is 14.1 Å². The number of rotatable bonds is 4. The standard InChI is InChI=1S/C17H15ClN4O3S5/c1-4-21-14(23)13(15-22(9(2)10(3)27-15)16-19-7-8-26-16)29-17(21)20-30(24,25)12-6-5-11(18)28-12/h5-8H,4H2,1-3H3. The van der Waals surface area contributed by atoms with Crippen LogP contribution in [0.25, 0.3) is 0 Å². The van der Waals surface area contributed by atoms with Gasteiger partial charge in [-0.05, 0) is 44.7 Å². The molecule has 1 fully saturated rings. The molecule has 4 rings (SSSR count). The Morgan fingerprint density at radius 1 is 1.23 bits per heavy atom. The number of nitrogens with zero attached hydrogens (tertiary/aromatic N) is 4. The number of thiophene rings is 1. The van der Waals surface area contributed by atoms with E-state index in [2.05, 4.69) is 9.38 Å². The van der Waals surface area contributed by atoms with Gasteiger partial charge >= 0.3 is 0 Å². The normalized spacial score (nSPS) is 21.6. The van der Waals surface area contributed by atoms with Crippen LogP contribution in [0.15, 0.2) is 52.9 Å². The Morgan fingerprint density at radius 3 is 2.60 bits per heavy atom. The molecule has 1 saturated heterocycles. The van der Waals surface area contributed by atoms with E-state index in [9.17, 15) is 13.2 Å². The van der Waals surface area contributed by atoms with Crippen LogP contribution in [-0.2, 0) is 14.8 Å². The number of aromatic nitrogens is 1. The molecule has 0 radical (unpaired) electrons. The molecule has 0 N–H and O–H groups in total. The van der Waals surface area contributed by atoms with E-state index in [0.717, 1.165) is 43.9 Å². The van der Waals surface area contributed by atoms with Crippen molar-refractivity contribution in [2.24, 2.45) is 4.40 Å². The van der Waals surface area contributed by atoms with Gasteiger partial charge < -0.3 is 0 Å². The van der Waals surface area contributed by atoms with E-state index < -0.39 is 10.0 Å². The van der Waals surface area contributed by atoms with Crippen LogP contribution in [0.5, 0.6) is 0 Å². The Hall–Kier alpha value is -1.31. The summed E-state index contributed by atoms with van der Waals surface area (Å²) in [5.74, 6) is -0.271. The zero-order valence-electron chi connectivity index (χ0n) is 15.9. The molecule has 0 bridgehead atoms. The Morgan fingerprint density at radius 2 is 2.00 bits per heavy atom. The molecule has 158 valence electrons. The summed E-state index contributed by atoms with van der Waals surface area (Å²) in [5, 5.41) is 3.48. The Balaban J connectivity index is 1.78. The molecule has 2 aliphatic heterocycles. The molecule has 1 amide bonds. The summed E-state index contributed by atoms with van der Waals surface area (Å²) in [5.41, 5.74) is 0.986. The number of hydrogen-bond donors (Lipinski definition) is 0. The molecule has 13 heteroatoms. The van der Waals surface area contributed by atoms with E-state index >= 15 is 0 Å². The lowest BCUT2D eigenvalue weighted by molar-refractivity contribution is -0.122. The number of sulfonamides is 1. The molecule has 0 unspecified atom stereocenters. The number of anilines is 1. The minimum Gasteiger partial charge on any atom is -0.286 e. The maximum atomic E-state index is 13.2. The zero-order chi connectivity index (χ0) is 21.6. The number of allylic oxidation sites excluding steroid dienone is 2. The highest BCUT2D eigenvalue weighted by atomic mass is 35.5. The summed E-state index contributed by atoms with van der Waals surface area (Å²) in [6, 6.07) is 2.92. The molecule has 30 heavy (non-hydrogen) atoms. The minimum atomic E-state index is -3.97. The van der Waals surface area contributed by atoms with Gasteiger partial charge in [0.05, 0.1) is 4.34 Å². The summed E-state index contributed by atoms with van der Waals surface area (Å²) >= 11 is 10.8. The third-order valence-electron chi connectivity index (χ3n) is 4.28. The van der Waals surface area contributed by atoms with Crippen molar-refractivity contribution in [1.82, 2.24) is 9.88 Å². The molecule has 0 saturated carbocycles. The van der Waals surface area contributed by atoms with Crippen LogP contribution in [-0.4, -0.2) is 35.9 Å². The average Bonchev–Trinajstić information content (AvgIpc) is 3.45. The van der Waals surface area contributed by atoms with Crippen molar-refractivity contribution >= 4 is 84.0 Å². The lowest BCUT2D eigenvalue weighted by atomic mass is 10.4. The van der Waals surface area contributed by atoms with E-state index in [1.165, 1.54) is 40.1 Å². The lowest BCUT2D eigenvalue weighted by Gasteiger charge is -2.19. The second-order valence-corrected chi connectivity index (χ2v) is 12.7. The van der Waals surface area contributed by atoms with Crippen molar-refractivity contribution in [1.29, 1.82) is 0 Å². The molecule has 7 nitrogen and oxygen atoms in total. The monoisotopic (exact) mass is 518 g/mol. The van der Waals surface area contributed by atoms with E-state index in [0.29, 0.717) is 15.8 Å². The van der Waals surface area contributed by atoms with E-state index in [1.54, 1.807) is 13.1 Å². The van der Waals surface area contributed by atoms with Crippen LogP contribution in [0.3, 0.4) is 0 Å². The van der Waals surface area contributed by atoms with Gasteiger partial charge in [0.15, 0.2) is 10.3 Å². The number of amides is 1. The Labute approximate surface area is 195 Å². The predicted molar refractivity (Wildman–Crippen MR) is 127 cm³/mol. The SMILES string of the molecule is CCN1C(=O)C(=C2SC(C)=C(C)N2c2nccs2)SC1=NS(=O)(=O)c1ccc(Cl)s1. The Bertz CT molecular complexity index is 1210. The number of thiazole rings is 1. The van der Waals surface area contributed by atoms with Crippen molar-refractivity contribution in [2.75, 3.05) is 11.4 Å². The molecular formula is C17H15ClN4O3S5. The van der Waals surface area contributed by atoms with Gasteiger partial charge in [-0.1, -0.05) is 23.4 Å². The highest BCUT2D eigenvalue weighted by molar-refractivity contribution is 8.20. The summed E-state index contributed by atoms with van der Waals surface area (Å²) in [6.45, 7) is 6.04. The van der Waals surface area contributed by atoms with Gasteiger partial charge in [-0.25, -0.2) is 4.98 Å². The quantitative estimate of drug-likeness (QED) is 0.516. The molecular weight excluding hydrogens is 504 g/mol. The van der Waals surface area contributed by atoms with Gasteiger partial charge in [-0.15, -0.1) is 27.1 Å². The molecule has 0 spiro atoms. The first kappa shape index (κ1) is 21.9. The fourth-order valence-corrected chi connectivity index (χ4v) is 8.45. The summed E-state index contributed by atoms with van der Waals surface area (Å²) in [7, 11) is -3.97. The summed E-state index contributed by atoms with van der Waals surface area (Å²) in [4.78, 5) is 22.4. The first-order valence-electron chi connectivity index (χ1n) is 8.62. The van der Waals surface area contributed by atoms with Gasteiger partial charge in [0.25, 0.3) is 15.9 Å². The first-order chi connectivity index (χ1) is 14.2. The van der Waals surface area contributed by atoms with Gasteiger partial charge in [0.2, 0.25) is 0 Å². The molecule has 4 heterocycles. The summed E-state index contributed by atoms with van der Waals surface area (Å²) < 4.78 is 29.8. The van der Waals surface area contributed by atoms with Crippen molar-refractivity contribution in [2.45, 2.75) is 25.0 Å².